The fourth-order valence-corrected chi connectivity index (χ4v) is 5.85. The monoisotopic (exact) mass is 709 g/mol. The predicted octanol–water partition coefficient (Wildman–Crippen LogP) is 7.49. The van der Waals surface area contributed by atoms with Crippen LogP contribution in [0.2, 0.25) is 0 Å². The van der Waals surface area contributed by atoms with Gasteiger partial charge in [0, 0.05) is 11.3 Å². The first-order chi connectivity index (χ1) is 18.0. The van der Waals surface area contributed by atoms with Crippen LogP contribution >= 0.6 is 45.2 Å². The largest absolute Gasteiger partial charge is 0.506 e. The van der Waals surface area contributed by atoms with Crippen LogP contribution in [0.3, 0.4) is 0 Å². The van der Waals surface area contributed by atoms with Crippen LogP contribution < -0.4 is 5.43 Å². The van der Waals surface area contributed by atoms with Crippen molar-refractivity contribution < 1.29 is 9.90 Å². The molecule has 0 saturated heterocycles. The Bertz CT molecular complexity index is 1500. The summed E-state index contributed by atoms with van der Waals surface area (Å²) in [5.41, 5.74) is 9.19. The molecule has 37 heavy (non-hydrogen) atoms. The second-order valence-corrected chi connectivity index (χ2v) is 10.6. The molecule has 0 aliphatic heterocycles. The van der Waals surface area contributed by atoms with Gasteiger partial charge in [0.1, 0.15) is 5.75 Å². The van der Waals surface area contributed by atoms with Crippen molar-refractivity contribution in [3.63, 3.8) is 0 Å². The van der Waals surface area contributed by atoms with Crippen LogP contribution in [0.15, 0.2) is 114 Å². The second-order valence-electron chi connectivity index (χ2n) is 8.25. The summed E-state index contributed by atoms with van der Waals surface area (Å²) >= 11 is 4.13. The number of nitrogens with zero attached hydrogens (tertiary/aromatic N) is 2. The van der Waals surface area contributed by atoms with Crippen LogP contribution in [0.5, 0.6) is 5.75 Å². The van der Waals surface area contributed by atoms with Crippen LogP contribution in [0.4, 0.5) is 0 Å². The van der Waals surface area contributed by atoms with Crippen molar-refractivity contribution in [2.24, 2.45) is 5.10 Å². The van der Waals surface area contributed by atoms with Gasteiger partial charge in [-0.15, -0.1) is 0 Å². The van der Waals surface area contributed by atoms with Gasteiger partial charge in [0.15, 0.2) is 0 Å². The lowest BCUT2D eigenvalue weighted by molar-refractivity contribution is 0.0955. The van der Waals surface area contributed by atoms with E-state index in [0.29, 0.717) is 5.56 Å². The lowest BCUT2D eigenvalue weighted by atomic mass is 10.1. The summed E-state index contributed by atoms with van der Waals surface area (Å²) in [5.74, 6) is -0.0546. The number of phenolic OH excluding ortho intramolecular Hbond substituents is 1. The molecule has 0 aliphatic carbocycles. The Kier molecular flexibility index (Phi) is 7.71. The van der Waals surface area contributed by atoms with Gasteiger partial charge < -0.3 is 9.67 Å². The van der Waals surface area contributed by atoms with Crippen molar-refractivity contribution in [1.29, 1.82) is 0 Å². The molecule has 5 rings (SSSR count). The van der Waals surface area contributed by atoms with Gasteiger partial charge in [-0.1, -0.05) is 60.7 Å². The number of rotatable bonds is 6. The minimum Gasteiger partial charge on any atom is -0.506 e. The zero-order valence-electron chi connectivity index (χ0n) is 19.5. The molecule has 1 amide bonds. The van der Waals surface area contributed by atoms with Crippen LogP contribution in [0, 0.1) is 7.14 Å². The Hall–Kier alpha value is -3.44. The van der Waals surface area contributed by atoms with Crippen molar-refractivity contribution in [2.75, 3.05) is 0 Å². The topological polar surface area (TPSA) is 66.6 Å². The number of carbonyl (C=O) groups excluding carboxylic acids is 1. The first-order valence-electron chi connectivity index (χ1n) is 11.5. The maximum Gasteiger partial charge on any atom is 0.271 e. The summed E-state index contributed by atoms with van der Waals surface area (Å²) in [6, 6.07) is 35.9. The third-order valence-electron chi connectivity index (χ3n) is 5.83. The Morgan fingerprint density at radius 1 is 0.757 bits per heavy atom. The number of hydrazone groups is 1. The number of phenols is 1. The Labute approximate surface area is 242 Å². The minimum absolute atomic E-state index is 0.246. The number of aromatic hydroxyl groups is 1. The maximum atomic E-state index is 12.7. The molecule has 0 unspecified atom stereocenters. The molecule has 182 valence electrons. The summed E-state index contributed by atoms with van der Waals surface area (Å²) in [7, 11) is 0. The molecular formula is C30H21I2N3O2. The van der Waals surface area contributed by atoms with Crippen molar-refractivity contribution in [3.05, 3.63) is 127 Å². The SMILES string of the molecule is O=C(N/N=C\c1cc(I)c(O)c(I)c1)c1ccc(-n2c(-c3ccccc3)ccc2-c2ccccc2)cc1. The highest BCUT2D eigenvalue weighted by molar-refractivity contribution is 14.1. The van der Waals surface area contributed by atoms with Gasteiger partial charge in [-0.2, -0.15) is 5.10 Å². The maximum absolute atomic E-state index is 12.7. The molecule has 0 fully saturated rings. The van der Waals surface area contributed by atoms with E-state index in [1.54, 1.807) is 30.5 Å². The van der Waals surface area contributed by atoms with E-state index in [4.69, 9.17) is 0 Å². The molecule has 5 nitrogen and oxygen atoms in total. The highest BCUT2D eigenvalue weighted by atomic mass is 127. The summed E-state index contributed by atoms with van der Waals surface area (Å²) in [5, 5.41) is 14.0. The average Bonchev–Trinajstić information content (AvgIpc) is 3.38. The van der Waals surface area contributed by atoms with E-state index in [1.807, 2.05) is 48.5 Å². The Balaban J connectivity index is 1.41. The Morgan fingerprint density at radius 3 is 1.78 bits per heavy atom. The van der Waals surface area contributed by atoms with Crippen LogP contribution in [-0.4, -0.2) is 21.8 Å². The van der Waals surface area contributed by atoms with Gasteiger partial charge >= 0.3 is 0 Å². The molecule has 0 atom stereocenters. The molecule has 2 N–H and O–H groups in total. The summed E-state index contributed by atoms with van der Waals surface area (Å²) in [6.07, 6.45) is 1.56. The highest BCUT2D eigenvalue weighted by Gasteiger charge is 2.14. The van der Waals surface area contributed by atoms with E-state index in [0.717, 1.165) is 40.9 Å². The highest BCUT2D eigenvalue weighted by Crippen LogP contribution is 2.32. The van der Waals surface area contributed by atoms with Gasteiger partial charge in [-0.25, -0.2) is 5.43 Å². The molecule has 0 bridgehead atoms. The Morgan fingerprint density at radius 2 is 1.27 bits per heavy atom. The van der Waals surface area contributed by atoms with E-state index >= 15 is 0 Å². The third kappa shape index (κ3) is 5.62. The third-order valence-corrected chi connectivity index (χ3v) is 7.47. The van der Waals surface area contributed by atoms with E-state index < -0.39 is 0 Å². The number of halogens is 2. The minimum atomic E-state index is -0.301. The van der Waals surface area contributed by atoms with E-state index in [-0.39, 0.29) is 11.7 Å². The van der Waals surface area contributed by atoms with Gasteiger partial charge in [-0.3, -0.25) is 4.79 Å². The number of amides is 1. The lowest BCUT2D eigenvalue weighted by Crippen LogP contribution is -2.17. The number of benzene rings is 4. The van der Waals surface area contributed by atoms with Crippen LogP contribution in [0.25, 0.3) is 28.2 Å². The van der Waals surface area contributed by atoms with Gasteiger partial charge in [0.05, 0.1) is 24.7 Å². The van der Waals surface area contributed by atoms with E-state index in [9.17, 15) is 9.90 Å². The van der Waals surface area contributed by atoms with E-state index in [1.165, 1.54) is 0 Å². The molecule has 0 radical (unpaired) electrons. The zero-order chi connectivity index (χ0) is 25.8. The molecule has 4 aromatic carbocycles. The van der Waals surface area contributed by atoms with Crippen molar-refractivity contribution in [1.82, 2.24) is 9.99 Å². The molecule has 7 heteroatoms. The molecule has 0 saturated carbocycles. The van der Waals surface area contributed by atoms with Crippen molar-refractivity contribution >= 4 is 57.3 Å². The van der Waals surface area contributed by atoms with E-state index in [2.05, 4.69) is 96.7 Å². The fraction of sp³-hybridized carbons (Fsp3) is 0. The number of nitrogens with one attached hydrogen (secondary N) is 1. The zero-order valence-corrected chi connectivity index (χ0v) is 23.8. The second kappa shape index (κ2) is 11.3. The fourth-order valence-electron chi connectivity index (χ4n) is 4.03. The summed E-state index contributed by atoms with van der Waals surface area (Å²) < 4.78 is 3.66. The molecule has 0 aliphatic rings. The number of hydrogen-bond donors (Lipinski definition) is 2. The average molecular weight is 709 g/mol. The predicted molar refractivity (Wildman–Crippen MR) is 165 cm³/mol. The van der Waals surface area contributed by atoms with Gasteiger partial charge in [0.2, 0.25) is 0 Å². The van der Waals surface area contributed by atoms with Gasteiger partial charge in [0.25, 0.3) is 5.91 Å². The number of carbonyl (C=O) groups is 1. The number of aromatic nitrogens is 1. The smallest absolute Gasteiger partial charge is 0.271 e. The molecule has 0 spiro atoms. The molecule has 5 aromatic rings. The van der Waals surface area contributed by atoms with Crippen LogP contribution in [0.1, 0.15) is 15.9 Å². The standard InChI is InChI=1S/C30H21I2N3O2/c31-25-17-20(18-26(32)29(25)36)19-33-34-30(37)23-11-13-24(14-12-23)35-27(21-7-3-1-4-8-21)15-16-28(35)22-9-5-2-6-10-22/h1-19,36H,(H,34,37)/b33-19-. The quantitative estimate of drug-likeness (QED) is 0.109. The molecular weight excluding hydrogens is 688 g/mol. The molecule has 1 heterocycles. The number of hydrogen-bond acceptors (Lipinski definition) is 3. The lowest BCUT2D eigenvalue weighted by Gasteiger charge is -2.15. The van der Waals surface area contributed by atoms with Crippen molar-refractivity contribution in [3.8, 4) is 34.0 Å². The van der Waals surface area contributed by atoms with Crippen molar-refractivity contribution in [2.45, 2.75) is 0 Å². The first-order valence-corrected chi connectivity index (χ1v) is 13.6. The van der Waals surface area contributed by atoms with Gasteiger partial charge in [-0.05, 0) is 110 Å². The summed E-state index contributed by atoms with van der Waals surface area (Å²) in [4.78, 5) is 12.7. The molecule has 1 aromatic heterocycles. The summed E-state index contributed by atoms with van der Waals surface area (Å²) in [6.45, 7) is 0. The van der Waals surface area contributed by atoms with Crippen LogP contribution in [-0.2, 0) is 0 Å². The normalized spacial score (nSPS) is 11.1. The first kappa shape index (κ1) is 25.2.